The maximum Gasteiger partial charge on any atom is 0.245 e. The number of anilines is 1. The van der Waals surface area contributed by atoms with Gasteiger partial charge in [-0.3, -0.25) is 4.79 Å². The van der Waals surface area contributed by atoms with Crippen molar-refractivity contribution in [2.24, 2.45) is 5.73 Å². The number of hydrogen-bond acceptors (Lipinski definition) is 4. The fourth-order valence-corrected chi connectivity index (χ4v) is 1.18. The minimum absolute atomic E-state index is 0.215. The zero-order valence-electron chi connectivity index (χ0n) is 9.03. The highest BCUT2D eigenvalue weighted by Crippen LogP contribution is 2.13. The highest BCUT2D eigenvalue weighted by molar-refractivity contribution is 5.97. The number of nitrogens with one attached hydrogen (secondary N) is 1. The van der Waals surface area contributed by atoms with Crippen molar-refractivity contribution >= 4 is 11.7 Å². The maximum absolute atomic E-state index is 11.8. The van der Waals surface area contributed by atoms with Crippen LogP contribution in [0, 0.1) is 0 Å². The van der Waals surface area contributed by atoms with Crippen molar-refractivity contribution in [1.82, 2.24) is 10.2 Å². The molecular formula is C10H16N4O. The van der Waals surface area contributed by atoms with Gasteiger partial charge < -0.3 is 11.1 Å². The van der Waals surface area contributed by atoms with Crippen molar-refractivity contribution in [1.29, 1.82) is 0 Å². The first-order valence-electron chi connectivity index (χ1n) is 5.00. The summed E-state index contributed by atoms with van der Waals surface area (Å²) < 4.78 is 0. The monoisotopic (exact) mass is 208 g/mol. The summed E-state index contributed by atoms with van der Waals surface area (Å²) in [5.74, 6) is 0.215. The molecule has 0 spiro atoms. The largest absolute Gasteiger partial charge is 0.317 e. The molecule has 1 heterocycles. The molecule has 1 rings (SSSR count). The summed E-state index contributed by atoms with van der Waals surface area (Å²) in [7, 11) is 0. The molecule has 0 aromatic carbocycles. The lowest BCUT2D eigenvalue weighted by Gasteiger charge is -2.24. The van der Waals surface area contributed by atoms with E-state index >= 15 is 0 Å². The van der Waals surface area contributed by atoms with Crippen LogP contribution in [0.3, 0.4) is 0 Å². The normalized spacial score (nSPS) is 11.1. The highest BCUT2D eigenvalue weighted by atomic mass is 16.2. The van der Waals surface area contributed by atoms with Crippen molar-refractivity contribution in [3.05, 3.63) is 18.3 Å². The summed E-state index contributed by atoms with van der Waals surface area (Å²) in [5.41, 5.74) is 5.11. The molecule has 0 unspecified atom stereocenters. The number of nitrogens with zero attached hydrogens (tertiary/aromatic N) is 2. The molecule has 0 radical (unpaired) electrons. The molecule has 0 saturated carbocycles. The lowest BCUT2D eigenvalue weighted by Crippen LogP contribution is -2.50. The Morgan fingerprint density at radius 1 is 1.53 bits per heavy atom. The first-order valence-corrected chi connectivity index (χ1v) is 5.00. The number of amides is 1. The Hall–Kier alpha value is -1.49. The first-order chi connectivity index (χ1) is 7.12. The van der Waals surface area contributed by atoms with Gasteiger partial charge >= 0.3 is 0 Å². The smallest absolute Gasteiger partial charge is 0.245 e. The van der Waals surface area contributed by atoms with E-state index in [4.69, 9.17) is 5.73 Å². The maximum atomic E-state index is 11.8. The Labute approximate surface area is 89.1 Å². The summed E-state index contributed by atoms with van der Waals surface area (Å²) in [4.78, 5) is 11.8. The quantitative estimate of drug-likeness (QED) is 0.771. The van der Waals surface area contributed by atoms with Crippen molar-refractivity contribution in [2.75, 3.05) is 5.32 Å². The molecule has 0 aliphatic rings. The molecule has 1 aromatic heterocycles. The van der Waals surface area contributed by atoms with Gasteiger partial charge in [0.15, 0.2) is 5.82 Å². The van der Waals surface area contributed by atoms with Crippen molar-refractivity contribution < 1.29 is 4.79 Å². The SMILES string of the molecule is CCC(N)(CC)C(=O)Nc1cccnn1. The molecule has 0 saturated heterocycles. The van der Waals surface area contributed by atoms with Crippen LogP contribution in [0.25, 0.3) is 0 Å². The van der Waals surface area contributed by atoms with E-state index < -0.39 is 5.54 Å². The van der Waals surface area contributed by atoms with Crippen LogP contribution in [0.4, 0.5) is 5.82 Å². The van der Waals surface area contributed by atoms with Gasteiger partial charge in [-0.1, -0.05) is 13.8 Å². The molecule has 0 aliphatic heterocycles. The van der Waals surface area contributed by atoms with E-state index in [0.717, 1.165) is 0 Å². The number of hydrogen-bond donors (Lipinski definition) is 2. The van der Waals surface area contributed by atoms with Crippen LogP contribution in [0.1, 0.15) is 26.7 Å². The van der Waals surface area contributed by atoms with Crippen LogP contribution in [-0.2, 0) is 4.79 Å². The Bertz CT molecular complexity index is 321. The van der Waals surface area contributed by atoms with Crippen LogP contribution in [0.5, 0.6) is 0 Å². The van der Waals surface area contributed by atoms with Crippen LogP contribution in [-0.4, -0.2) is 21.6 Å². The second-order valence-electron chi connectivity index (χ2n) is 3.43. The van der Waals surface area contributed by atoms with E-state index in [2.05, 4.69) is 15.5 Å². The zero-order chi connectivity index (χ0) is 11.3. The summed E-state index contributed by atoms with van der Waals surface area (Å²) >= 11 is 0. The average Bonchev–Trinajstić information content (AvgIpc) is 2.29. The van der Waals surface area contributed by atoms with Gasteiger partial charge in [0, 0.05) is 6.20 Å². The van der Waals surface area contributed by atoms with E-state index in [9.17, 15) is 4.79 Å². The topological polar surface area (TPSA) is 80.9 Å². The predicted molar refractivity (Wildman–Crippen MR) is 58.2 cm³/mol. The molecule has 1 aromatic rings. The Morgan fingerprint density at radius 2 is 2.20 bits per heavy atom. The van der Waals surface area contributed by atoms with E-state index in [1.54, 1.807) is 18.3 Å². The predicted octanol–water partition coefficient (Wildman–Crippen LogP) is 0.933. The number of nitrogens with two attached hydrogens (primary N) is 1. The number of carbonyl (C=O) groups excluding carboxylic acids is 1. The third-order valence-corrected chi connectivity index (χ3v) is 2.53. The summed E-state index contributed by atoms with van der Waals surface area (Å²) in [5, 5.41) is 10.1. The van der Waals surface area contributed by atoms with Crippen LogP contribution < -0.4 is 11.1 Å². The molecule has 0 bridgehead atoms. The van der Waals surface area contributed by atoms with Gasteiger partial charge in [0.2, 0.25) is 5.91 Å². The second kappa shape index (κ2) is 4.84. The molecule has 5 nitrogen and oxygen atoms in total. The third-order valence-electron chi connectivity index (χ3n) is 2.53. The van der Waals surface area contributed by atoms with Crippen LogP contribution >= 0.6 is 0 Å². The van der Waals surface area contributed by atoms with Crippen LogP contribution in [0.2, 0.25) is 0 Å². The van der Waals surface area contributed by atoms with Gasteiger partial charge in [-0.25, -0.2) is 0 Å². The van der Waals surface area contributed by atoms with Gasteiger partial charge in [-0.2, -0.15) is 5.10 Å². The molecule has 82 valence electrons. The van der Waals surface area contributed by atoms with Crippen molar-refractivity contribution in [3.8, 4) is 0 Å². The van der Waals surface area contributed by atoms with Crippen LogP contribution in [0.15, 0.2) is 18.3 Å². The molecular weight excluding hydrogens is 192 g/mol. The molecule has 0 fully saturated rings. The summed E-state index contributed by atoms with van der Waals surface area (Å²) in [6.07, 6.45) is 2.73. The zero-order valence-corrected chi connectivity index (χ0v) is 9.03. The van der Waals surface area contributed by atoms with Gasteiger partial charge in [-0.15, -0.1) is 5.10 Å². The lowest BCUT2D eigenvalue weighted by molar-refractivity contribution is -0.121. The van der Waals surface area contributed by atoms with Gasteiger partial charge in [-0.05, 0) is 25.0 Å². The molecule has 5 heteroatoms. The standard InChI is InChI=1S/C10H16N4O/c1-3-10(11,4-2)9(15)13-8-6-5-7-12-14-8/h5-7H,3-4,11H2,1-2H3,(H,13,14,15). The lowest BCUT2D eigenvalue weighted by atomic mass is 9.93. The molecule has 3 N–H and O–H groups in total. The van der Waals surface area contributed by atoms with E-state index in [1.807, 2.05) is 13.8 Å². The van der Waals surface area contributed by atoms with Gasteiger partial charge in [0.05, 0.1) is 5.54 Å². The third kappa shape index (κ3) is 2.73. The van der Waals surface area contributed by atoms with E-state index in [0.29, 0.717) is 18.7 Å². The molecule has 15 heavy (non-hydrogen) atoms. The number of carbonyl (C=O) groups is 1. The molecule has 1 amide bonds. The first kappa shape index (κ1) is 11.6. The Balaban J connectivity index is 2.71. The summed E-state index contributed by atoms with van der Waals surface area (Å²) in [6, 6.07) is 3.38. The fraction of sp³-hybridized carbons (Fsp3) is 0.500. The van der Waals surface area contributed by atoms with Gasteiger partial charge in [0.25, 0.3) is 0 Å². The Kier molecular flexibility index (Phi) is 3.74. The van der Waals surface area contributed by atoms with Crippen molar-refractivity contribution in [2.45, 2.75) is 32.2 Å². The van der Waals surface area contributed by atoms with E-state index in [1.165, 1.54) is 0 Å². The van der Waals surface area contributed by atoms with E-state index in [-0.39, 0.29) is 5.91 Å². The minimum Gasteiger partial charge on any atom is -0.317 e. The number of aromatic nitrogens is 2. The number of rotatable bonds is 4. The summed E-state index contributed by atoms with van der Waals surface area (Å²) in [6.45, 7) is 3.78. The second-order valence-corrected chi connectivity index (χ2v) is 3.43. The average molecular weight is 208 g/mol. The fourth-order valence-electron chi connectivity index (χ4n) is 1.18. The highest BCUT2D eigenvalue weighted by Gasteiger charge is 2.29. The van der Waals surface area contributed by atoms with Crippen molar-refractivity contribution in [3.63, 3.8) is 0 Å². The molecule has 0 atom stereocenters. The Morgan fingerprint density at radius 3 is 2.67 bits per heavy atom. The molecule has 0 aliphatic carbocycles. The van der Waals surface area contributed by atoms with Gasteiger partial charge in [0.1, 0.15) is 0 Å². The minimum atomic E-state index is -0.822.